The van der Waals surface area contributed by atoms with Crippen LogP contribution in [0.25, 0.3) is 0 Å². The summed E-state index contributed by atoms with van der Waals surface area (Å²) in [5.74, 6) is -0.0880. The highest BCUT2D eigenvalue weighted by Gasteiger charge is 2.41. The molecule has 1 saturated heterocycles. The molecule has 1 aliphatic heterocycles. The predicted molar refractivity (Wildman–Crippen MR) is 135 cm³/mol. The monoisotopic (exact) mass is 482 g/mol. The molecule has 0 saturated carbocycles. The van der Waals surface area contributed by atoms with Gasteiger partial charge in [-0.25, -0.2) is 9.59 Å². The van der Waals surface area contributed by atoms with Gasteiger partial charge in [0.25, 0.3) is 0 Å². The van der Waals surface area contributed by atoms with Crippen molar-refractivity contribution in [3.05, 3.63) is 71.3 Å². The molecule has 2 aromatic carbocycles. The first kappa shape index (κ1) is 26.5. The summed E-state index contributed by atoms with van der Waals surface area (Å²) >= 11 is 0. The lowest BCUT2D eigenvalue weighted by atomic mass is 9.74. The van der Waals surface area contributed by atoms with E-state index in [4.69, 9.17) is 4.74 Å². The number of likely N-dealkylation sites (tertiary alicyclic amines) is 1. The fraction of sp³-hybridized carbons (Fsp3) is 0.500. The van der Waals surface area contributed by atoms with Crippen molar-refractivity contribution in [2.45, 2.75) is 77.2 Å². The van der Waals surface area contributed by atoms with Crippen molar-refractivity contribution >= 4 is 12.2 Å². The number of carbonyl (C=O) groups excluding carboxylic acids is 1. The molecule has 1 heterocycles. The van der Waals surface area contributed by atoms with Gasteiger partial charge in [-0.3, -0.25) is 0 Å². The number of aliphatic hydroxyl groups is 1. The summed E-state index contributed by atoms with van der Waals surface area (Å²) in [4.78, 5) is 25.5. The number of ether oxygens (including phenoxy) is 1. The molecule has 2 aromatic rings. The van der Waals surface area contributed by atoms with E-state index in [0.717, 1.165) is 16.7 Å². The summed E-state index contributed by atoms with van der Waals surface area (Å²) in [6.07, 6.45) is 0.387. The summed E-state index contributed by atoms with van der Waals surface area (Å²) < 4.78 is 5.33. The van der Waals surface area contributed by atoms with Crippen LogP contribution in [0.4, 0.5) is 9.59 Å². The lowest BCUT2D eigenvalue weighted by molar-refractivity contribution is -0.0437. The van der Waals surface area contributed by atoms with Gasteiger partial charge in [0.05, 0.1) is 11.6 Å². The highest BCUT2D eigenvalue weighted by molar-refractivity contribution is 5.68. The number of rotatable bonds is 6. The third kappa shape index (κ3) is 6.98. The molecule has 0 aliphatic carbocycles. The summed E-state index contributed by atoms with van der Waals surface area (Å²) in [5, 5.41) is 24.1. The fourth-order valence-electron chi connectivity index (χ4n) is 4.81. The second kappa shape index (κ2) is 10.7. The standard InChI is InChI=1S/C28H38N2O5/c1-19(29-25(31)35-27(2,3)4)21-11-13-22(14-12-21)28(5,34)23-15-16-30(26(32)33)24(18-23)17-20-9-7-6-8-10-20/h6-14,19,23-24,34H,15-18H2,1-5H3,(H,29,31)(H,32,33)/t19-,23?,24?,28?/m0/s1. The molecule has 1 aliphatic rings. The Balaban J connectivity index is 1.71. The topological polar surface area (TPSA) is 99.1 Å². The van der Waals surface area contributed by atoms with Crippen LogP contribution >= 0.6 is 0 Å². The van der Waals surface area contributed by atoms with E-state index in [1.807, 2.05) is 89.2 Å². The molecule has 3 rings (SSSR count). The zero-order chi connectivity index (χ0) is 25.8. The summed E-state index contributed by atoms with van der Waals surface area (Å²) in [6.45, 7) is 9.54. The van der Waals surface area contributed by atoms with Crippen LogP contribution in [-0.2, 0) is 16.8 Å². The van der Waals surface area contributed by atoms with Gasteiger partial charge >= 0.3 is 12.2 Å². The summed E-state index contributed by atoms with van der Waals surface area (Å²) in [5.41, 5.74) is 1.08. The predicted octanol–water partition coefficient (Wildman–Crippen LogP) is 5.48. The molecule has 35 heavy (non-hydrogen) atoms. The minimum Gasteiger partial charge on any atom is -0.465 e. The number of benzene rings is 2. The number of carbonyl (C=O) groups is 2. The van der Waals surface area contributed by atoms with Crippen molar-refractivity contribution in [3.63, 3.8) is 0 Å². The summed E-state index contributed by atoms with van der Waals surface area (Å²) in [7, 11) is 0. The van der Waals surface area contributed by atoms with Crippen LogP contribution in [0.5, 0.6) is 0 Å². The van der Waals surface area contributed by atoms with Crippen molar-refractivity contribution in [3.8, 4) is 0 Å². The van der Waals surface area contributed by atoms with Crippen LogP contribution < -0.4 is 5.32 Å². The highest BCUT2D eigenvalue weighted by atomic mass is 16.6. The molecule has 2 amide bonds. The Hall–Kier alpha value is -3.06. The minimum absolute atomic E-state index is 0.0880. The average Bonchev–Trinajstić information content (AvgIpc) is 2.78. The van der Waals surface area contributed by atoms with E-state index in [1.54, 1.807) is 0 Å². The second-order valence-corrected chi connectivity index (χ2v) is 10.7. The Kier molecular flexibility index (Phi) is 8.11. The Bertz CT molecular complexity index is 998. The maximum Gasteiger partial charge on any atom is 0.408 e. The van der Waals surface area contributed by atoms with Crippen LogP contribution in [0.3, 0.4) is 0 Å². The molecule has 7 nitrogen and oxygen atoms in total. The highest BCUT2D eigenvalue weighted by Crippen LogP contribution is 2.39. The van der Waals surface area contributed by atoms with Crippen LogP contribution in [0.1, 0.15) is 70.2 Å². The Morgan fingerprint density at radius 3 is 2.29 bits per heavy atom. The van der Waals surface area contributed by atoms with Gasteiger partial charge in [-0.2, -0.15) is 0 Å². The molecule has 0 bridgehead atoms. The molecular formula is C28H38N2O5. The number of nitrogens with zero attached hydrogens (tertiary/aromatic N) is 1. The number of nitrogens with one attached hydrogen (secondary N) is 1. The lowest BCUT2D eigenvalue weighted by Crippen LogP contribution is -2.50. The largest absolute Gasteiger partial charge is 0.465 e. The van der Waals surface area contributed by atoms with Crippen molar-refractivity contribution in [1.82, 2.24) is 10.2 Å². The Morgan fingerprint density at radius 1 is 1.09 bits per heavy atom. The Morgan fingerprint density at radius 2 is 1.71 bits per heavy atom. The van der Waals surface area contributed by atoms with Crippen LogP contribution in [0.15, 0.2) is 54.6 Å². The van der Waals surface area contributed by atoms with Gasteiger partial charge in [-0.15, -0.1) is 0 Å². The molecule has 0 spiro atoms. The van der Waals surface area contributed by atoms with E-state index in [0.29, 0.717) is 25.8 Å². The number of amides is 2. The molecule has 1 fully saturated rings. The SMILES string of the molecule is C[C@H](NC(=O)OC(C)(C)C)c1ccc(C(C)(O)C2CCN(C(=O)O)C(Cc3ccccc3)C2)cc1. The van der Waals surface area contributed by atoms with Gasteiger partial charge in [0.1, 0.15) is 5.60 Å². The maximum absolute atomic E-state index is 12.1. The Labute approximate surface area is 208 Å². The summed E-state index contributed by atoms with van der Waals surface area (Å²) in [6, 6.07) is 17.0. The molecule has 3 unspecified atom stereocenters. The minimum atomic E-state index is -1.11. The second-order valence-electron chi connectivity index (χ2n) is 10.7. The molecule has 0 radical (unpaired) electrons. The van der Waals surface area contributed by atoms with Gasteiger partial charge in [0.2, 0.25) is 0 Å². The van der Waals surface area contributed by atoms with E-state index in [2.05, 4.69) is 5.32 Å². The number of alkyl carbamates (subject to hydrolysis) is 1. The first-order valence-electron chi connectivity index (χ1n) is 12.2. The molecule has 0 aromatic heterocycles. The van der Waals surface area contributed by atoms with Gasteiger partial charge < -0.3 is 25.2 Å². The molecular weight excluding hydrogens is 444 g/mol. The van der Waals surface area contributed by atoms with E-state index >= 15 is 0 Å². The number of piperidine rings is 1. The van der Waals surface area contributed by atoms with Gasteiger partial charge in [-0.05, 0) is 76.5 Å². The lowest BCUT2D eigenvalue weighted by Gasteiger charge is -2.43. The van der Waals surface area contributed by atoms with Crippen LogP contribution in [0.2, 0.25) is 0 Å². The van der Waals surface area contributed by atoms with Crippen molar-refractivity contribution in [2.75, 3.05) is 6.54 Å². The van der Waals surface area contributed by atoms with Crippen molar-refractivity contribution < 1.29 is 24.5 Å². The van der Waals surface area contributed by atoms with E-state index in [1.165, 1.54) is 4.90 Å². The van der Waals surface area contributed by atoms with E-state index in [-0.39, 0.29) is 18.0 Å². The molecule has 7 heteroatoms. The van der Waals surface area contributed by atoms with Crippen molar-refractivity contribution in [1.29, 1.82) is 0 Å². The van der Waals surface area contributed by atoms with Crippen LogP contribution in [0, 0.1) is 5.92 Å². The van der Waals surface area contributed by atoms with Gasteiger partial charge in [0, 0.05) is 12.6 Å². The maximum atomic E-state index is 12.1. The fourth-order valence-corrected chi connectivity index (χ4v) is 4.81. The smallest absolute Gasteiger partial charge is 0.408 e. The molecule has 4 atom stereocenters. The number of carboxylic acid groups (broad SMARTS) is 1. The normalized spacial score (nSPS) is 21.0. The quantitative estimate of drug-likeness (QED) is 0.506. The average molecular weight is 483 g/mol. The molecule has 190 valence electrons. The van der Waals surface area contributed by atoms with Crippen LogP contribution in [-0.4, -0.2) is 45.5 Å². The van der Waals surface area contributed by atoms with Gasteiger partial charge in [0.15, 0.2) is 0 Å². The number of hydrogen-bond donors (Lipinski definition) is 3. The first-order valence-corrected chi connectivity index (χ1v) is 12.2. The first-order chi connectivity index (χ1) is 16.4. The zero-order valence-corrected chi connectivity index (χ0v) is 21.3. The molecule has 3 N–H and O–H groups in total. The zero-order valence-electron chi connectivity index (χ0n) is 21.3. The third-order valence-electron chi connectivity index (χ3n) is 6.80. The van der Waals surface area contributed by atoms with E-state index in [9.17, 15) is 19.8 Å². The number of hydrogen-bond acceptors (Lipinski definition) is 4. The third-order valence-corrected chi connectivity index (χ3v) is 6.80. The van der Waals surface area contributed by atoms with Crippen molar-refractivity contribution in [2.24, 2.45) is 5.92 Å². The van der Waals surface area contributed by atoms with E-state index < -0.39 is 23.4 Å². The van der Waals surface area contributed by atoms with Gasteiger partial charge in [-0.1, -0.05) is 54.6 Å².